The summed E-state index contributed by atoms with van der Waals surface area (Å²) < 4.78 is 1.39. The fraction of sp³-hybridized carbons (Fsp3) is 0.235. The number of unbranched alkanes of at least 4 members (excludes halogenated alkanes) is 1. The number of hydrogen-bond donors (Lipinski definition) is 0. The van der Waals surface area contributed by atoms with Crippen LogP contribution in [0.1, 0.15) is 36.5 Å². The van der Waals surface area contributed by atoms with E-state index in [-0.39, 0.29) is 0 Å². The Morgan fingerprint density at radius 3 is 2.33 bits per heavy atom. The molecule has 0 radical (unpaired) electrons. The van der Waals surface area contributed by atoms with Gasteiger partial charge in [0.15, 0.2) is 0 Å². The molecular weight excluding hydrogens is 332 g/mol. The van der Waals surface area contributed by atoms with Crippen LogP contribution in [-0.2, 0) is 6.42 Å². The van der Waals surface area contributed by atoms with Crippen LogP contribution in [0.5, 0.6) is 0 Å². The van der Waals surface area contributed by atoms with Crippen LogP contribution in [0.25, 0.3) is 0 Å². The summed E-state index contributed by atoms with van der Waals surface area (Å²) in [6, 6.07) is 19.5. The Labute approximate surface area is 122 Å². The third kappa shape index (κ3) is 3.31. The van der Waals surface area contributed by atoms with Gasteiger partial charge in [0.1, 0.15) is 0 Å². The summed E-state index contributed by atoms with van der Waals surface area (Å²) in [7, 11) is 0. The molecule has 0 aliphatic rings. The van der Waals surface area contributed by atoms with Crippen molar-refractivity contribution < 1.29 is 0 Å². The zero-order valence-corrected chi connectivity index (χ0v) is 13.1. The summed E-state index contributed by atoms with van der Waals surface area (Å²) in [5.41, 5.74) is 4.21. The van der Waals surface area contributed by atoms with Crippen LogP contribution < -0.4 is 0 Å². The van der Waals surface area contributed by atoms with Gasteiger partial charge in [0.2, 0.25) is 0 Å². The average Bonchev–Trinajstić information content (AvgIpc) is 2.45. The second kappa shape index (κ2) is 6.88. The van der Waals surface area contributed by atoms with Crippen molar-refractivity contribution in [2.75, 3.05) is 0 Å². The van der Waals surface area contributed by atoms with Gasteiger partial charge in [-0.25, -0.2) is 0 Å². The van der Waals surface area contributed by atoms with E-state index in [9.17, 15) is 0 Å². The average molecular weight is 350 g/mol. The van der Waals surface area contributed by atoms with Gasteiger partial charge in [0, 0.05) is 0 Å². The van der Waals surface area contributed by atoms with Gasteiger partial charge in [0.05, 0.1) is 0 Å². The van der Waals surface area contributed by atoms with Crippen LogP contribution in [0.4, 0.5) is 0 Å². The molecule has 0 nitrogen and oxygen atoms in total. The number of benzene rings is 2. The van der Waals surface area contributed by atoms with Crippen molar-refractivity contribution in [2.45, 2.75) is 26.2 Å². The fourth-order valence-corrected chi connectivity index (χ4v) is 3.03. The van der Waals surface area contributed by atoms with E-state index in [0.717, 1.165) is 0 Å². The van der Waals surface area contributed by atoms with Crippen molar-refractivity contribution in [1.29, 1.82) is 0 Å². The summed E-state index contributed by atoms with van der Waals surface area (Å²) in [4.78, 5) is 0. The maximum absolute atomic E-state index is 2.26. The summed E-state index contributed by atoms with van der Waals surface area (Å²) in [6.45, 7) is 2.25. The van der Waals surface area contributed by atoms with Gasteiger partial charge in [-0.05, 0) is 0 Å². The van der Waals surface area contributed by atoms with Gasteiger partial charge in [-0.15, -0.1) is 0 Å². The minimum absolute atomic E-state index is 1.18. The number of rotatable bonds is 5. The first-order valence-corrected chi connectivity index (χ1v) is 7.67. The SMILES string of the molecule is CCCCc1ccccc1C(=[Te])c1ccccc1. The quantitative estimate of drug-likeness (QED) is 0.721. The Hall–Kier alpha value is -0.900. The van der Waals surface area contributed by atoms with Crippen LogP contribution in [0.3, 0.4) is 0 Å². The van der Waals surface area contributed by atoms with Gasteiger partial charge < -0.3 is 0 Å². The van der Waals surface area contributed by atoms with Crippen molar-refractivity contribution in [3.05, 3.63) is 71.3 Å². The summed E-state index contributed by atoms with van der Waals surface area (Å²) in [5, 5.41) is 0. The van der Waals surface area contributed by atoms with E-state index in [1.807, 2.05) is 0 Å². The Morgan fingerprint density at radius 1 is 0.944 bits per heavy atom. The van der Waals surface area contributed by atoms with Gasteiger partial charge >= 0.3 is 123 Å². The first kappa shape index (κ1) is 13.5. The van der Waals surface area contributed by atoms with Crippen LogP contribution in [0.15, 0.2) is 54.6 Å². The van der Waals surface area contributed by atoms with Crippen LogP contribution >= 0.6 is 0 Å². The standard InChI is InChI=1S/C17H18Te/c1-2-3-9-14-10-7-8-13-16(14)17(18)15-11-5-4-6-12-15/h4-8,10-13H,2-3,9H2,1H3. The minimum atomic E-state index is 1.18. The molecule has 2 aromatic rings. The van der Waals surface area contributed by atoms with Crippen molar-refractivity contribution >= 4 is 25.4 Å². The molecule has 0 spiro atoms. The van der Waals surface area contributed by atoms with E-state index in [1.54, 1.807) is 0 Å². The molecule has 0 aromatic heterocycles. The molecule has 0 bridgehead atoms. The van der Waals surface area contributed by atoms with Crippen LogP contribution in [0.2, 0.25) is 0 Å². The topological polar surface area (TPSA) is 0 Å². The van der Waals surface area contributed by atoms with Crippen molar-refractivity contribution in [3.8, 4) is 0 Å². The Morgan fingerprint density at radius 2 is 1.61 bits per heavy atom. The summed E-state index contributed by atoms with van der Waals surface area (Å²) in [6.07, 6.45) is 3.69. The molecule has 0 aliphatic heterocycles. The van der Waals surface area contributed by atoms with E-state index < -0.39 is 0 Å². The van der Waals surface area contributed by atoms with E-state index in [0.29, 0.717) is 0 Å². The molecule has 0 N–H and O–H groups in total. The molecule has 0 atom stereocenters. The third-order valence-electron chi connectivity index (χ3n) is 3.10. The molecule has 0 saturated carbocycles. The predicted molar refractivity (Wildman–Crippen MR) is 80.5 cm³/mol. The molecule has 92 valence electrons. The summed E-state index contributed by atoms with van der Waals surface area (Å²) in [5.74, 6) is 0. The first-order chi connectivity index (χ1) is 8.83. The number of hydrogen-bond acceptors (Lipinski definition) is 0. The molecule has 2 aromatic carbocycles. The zero-order chi connectivity index (χ0) is 12.8. The van der Waals surface area contributed by atoms with E-state index >= 15 is 0 Å². The van der Waals surface area contributed by atoms with Gasteiger partial charge in [0.25, 0.3) is 0 Å². The Balaban J connectivity index is 2.30. The normalized spacial score (nSPS) is 10.3. The first-order valence-electron chi connectivity index (χ1n) is 6.50. The van der Waals surface area contributed by atoms with Crippen LogP contribution in [-0.4, -0.2) is 25.4 Å². The molecule has 2 rings (SSSR count). The molecule has 0 aliphatic carbocycles. The van der Waals surface area contributed by atoms with Crippen LogP contribution in [0, 0.1) is 0 Å². The molecule has 0 amide bonds. The molecule has 0 heterocycles. The Bertz CT molecular complexity index is 514. The molecule has 0 saturated heterocycles. The van der Waals surface area contributed by atoms with Crippen molar-refractivity contribution in [2.24, 2.45) is 0 Å². The van der Waals surface area contributed by atoms with Gasteiger partial charge in [-0.3, -0.25) is 0 Å². The molecule has 1 heteroatoms. The second-order valence-electron chi connectivity index (χ2n) is 4.46. The molecule has 0 unspecified atom stereocenters. The third-order valence-corrected chi connectivity index (χ3v) is 4.40. The second-order valence-corrected chi connectivity index (χ2v) is 5.62. The maximum atomic E-state index is 2.26. The van der Waals surface area contributed by atoms with Gasteiger partial charge in [-0.2, -0.15) is 0 Å². The Kier molecular flexibility index (Phi) is 5.17. The molecular formula is C17H18Te. The van der Waals surface area contributed by atoms with E-state index in [1.165, 1.54) is 39.5 Å². The fourth-order valence-electron chi connectivity index (χ4n) is 2.07. The number of aryl methyl sites for hydroxylation is 1. The summed E-state index contributed by atoms with van der Waals surface area (Å²) >= 11 is 2.14. The van der Waals surface area contributed by atoms with E-state index in [2.05, 4.69) is 83.3 Å². The zero-order valence-electron chi connectivity index (χ0n) is 10.7. The van der Waals surface area contributed by atoms with Gasteiger partial charge in [-0.1, -0.05) is 0 Å². The monoisotopic (exact) mass is 352 g/mol. The molecule has 18 heavy (non-hydrogen) atoms. The molecule has 0 fully saturated rings. The van der Waals surface area contributed by atoms with E-state index in [4.69, 9.17) is 0 Å². The van der Waals surface area contributed by atoms with Crippen molar-refractivity contribution in [1.82, 2.24) is 0 Å². The predicted octanol–water partition coefficient (Wildman–Crippen LogP) is 3.77. The van der Waals surface area contributed by atoms with Crippen molar-refractivity contribution in [3.63, 3.8) is 0 Å².